The van der Waals surface area contributed by atoms with E-state index in [0.717, 1.165) is 17.8 Å². The van der Waals surface area contributed by atoms with E-state index < -0.39 is 0 Å². The van der Waals surface area contributed by atoms with E-state index in [0.29, 0.717) is 5.75 Å². The molecule has 0 aliphatic rings. The maximum atomic E-state index is 9.41. The fraction of sp³-hybridized carbons (Fsp3) is 0.600. The molecule has 0 unspecified atom stereocenters. The number of aromatic hydroxyl groups is 1. The average Bonchev–Trinajstić information content (AvgIpc) is 2.80. The van der Waals surface area contributed by atoms with Gasteiger partial charge in [-0.1, -0.05) is 115 Å². The SMILES string of the molecule is CCCCCCCCCCCCCCCCCCc1cccc(Nc2ccc(O)cc2)c1. The summed E-state index contributed by atoms with van der Waals surface area (Å²) in [6.07, 6.45) is 23.8. The summed E-state index contributed by atoms with van der Waals surface area (Å²) < 4.78 is 0. The maximum absolute atomic E-state index is 9.41. The molecule has 0 heterocycles. The average molecular weight is 438 g/mol. The molecular formula is C30H47NO. The van der Waals surface area contributed by atoms with Crippen LogP contribution in [0.1, 0.15) is 115 Å². The minimum Gasteiger partial charge on any atom is -0.508 e. The molecule has 0 atom stereocenters. The fourth-order valence-electron chi connectivity index (χ4n) is 4.39. The van der Waals surface area contributed by atoms with Gasteiger partial charge in [-0.25, -0.2) is 0 Å². The summed E-state index contributed by atoms with van der Waals surface area (Å²) in [5.74, 6) is 0.299. The summed E-state index contributed by atoms with van der Waals surface area (Å²) in [5, 5.41) is 12.8. The Hall–Kier alpha value is -1.96. The molecule has 2 nitrogen and oxygen atoms in total. The van der Waals surface area contributed by atoms with Gasteiger partial charge in [-0.3, -0.25) is 0 Å². The zero-order valence-electron chi connectivity index (χ0n) is 20.6. The molecule has 0 radical (unpaired) electrons. The first-order chi connectivity index (χ1) is 15.8. The third kappa shape index (κ3) is 12.8. The first kappa shape index (κ1) is 26.3. The number of anilines is 2. The standard InChI is InChI=1S/C30H47NO/c1-2-3-4-5-6-7-8-9-10-11-12-13-14-15-16-17-19-27-20-18-21-29(26-27)31-28-22-24-30(32)25-23-28/h18,20-26,31-32H,2-17,19H2,1H3. The van der Waals surface area contributed by atoms with Crippen molar-refractivity contribution in [3.05, 3.63) is 54.1 Å². The number of nitrogens with one attached hydrogen (secondary N) is 1. The Kier molecular flexibility index (Phi) is 14.4. The lowest BCUT2D eigenvalue weighted by atomic mass is 10.0. The lowest BCUT2D eigenvalue weighted by Crippen LogP contribution is -1.92. The van der Waals surface area contributed by atoms with E-state index in [4.69, 9.17) is 0 Å². The largest absolute Gasteiger partial charge is 0.508 e. The summed E-state index contributed by atoms with van der Waals surface area (Å²) in [6.45, 7) is 2.29. The molecule has 178 valence electrons. The number of hydrogen-bond donors (Lipinski definition) is 2. The second kappa shape index (κ2) is 17.6. The van der Waals surface area contributed by atoms with Gasteiger partial charge in [0.25, 0.3) is 0 Å². The number of aryl methyl sites for hydroxylation is 1. The maximum Gasteiger partial charge on any atom is 0.115 e. The molecule has 2 aromatic carbocycles. The number of hydrogen-bond acceptors (Lipinski definition) is 2. The molecule has 0 spiro atoms. The van der Waals surface area contributed by atoms with Crippen LogP contribution in [0.15, 0.2) is 48.5 Å². The van der Waals surface area contributed by atoms with Crippen LogP contribution < -0.4 is 5.32 Å². The van der Waals surface area contributed by atoms with Gasteiger partial charge in [0, 0.05) is 11.4 Å². The summed E-state index contributed by atoms with van der Waals surface area (Å²) >= 11 is 0. The van der Waals surface area contributed by atoms with Gasteiger partial charge in [0.05, 0.1) is 0 Å². The molecular weight excluding hydrogens is 390 g/mol. The highest BCUT2D eigenvalue weighted by Crippen LogP contribution is 2.21. The molecule has 2 rings (SSSR count). The number of phenolic OH excluding ortho intramolecular Hbond substituents is 1. The van der Waals surface area contributed by atoms with Crippen molar-refractivity contribution in [2.75, 3.05) is 5.32 Å². The van der Waals surface area contributed by atoms with Crippen molar-refractivity contribution in [1.82, 2.24) is 0 Å². The number of rotatable bonds is 19. The van der Waals surface area contributed by atoms with Gasteiger partial charge in [-0.2, -0.15) is 0 Å². The van der Waals surface area contributed by atoms with Crippen LogP contribution in [0.3, 0.4) is 0 Å². The van der Waals surface area contributed by atoms with E-state index in [2.05, 4.69) is 36.5 Å². The van der Waals surface area contributed by atoms with Gasteiger partial charge < -0.3 is 10.4 Å². The molecule has 0 fully saturated rings. The first-order valence-corrected chi connectivity index (χ1v) is 13.4. The van der Waals surface area contributed by atoms with Gasteiger partial charge in [0.15, 0.2) is 0 Å². The third-order valence-electron chi connectivity index (χ3n) is 6.40. The van der Waals surface area contributed by atoms with E-state index >= 15 is 0 Å². The summed E-state index contributed by atoms with van der Waals surface area (Å²) in [5.41, 5.74) is 3.52. The van der Waals surface area contributed by atoms with Crippen molar-refractivity contribution in [3.8, 4) is 5.75 Å². The highest BCUT2D eigenvalue weighted by atomic mass is 16.3. The van der Waals surface area contributed by atoms with Crippen LogP contribution >= 0.6 is 0 Å². The van der Waals surface area contributed by atoms with Gasteiger partial charge >= 0.3 is 0 Å². The Balaban J connectivity index is 1.42. The smallest absolute Gasteiger partial charge is 0.115 e. The van der Waals surface area contributed by atoms with Crippen LogP contribution in [0.5, 0.6) is 5.75 Å². The van der Waals surface area contributed by atoms with Gasteiger partial charge in [0.2, 0.25) is 0 Å². The second-order valence-electron chi connectivity index (χ2n) is 9.43. The van der Waals surface area contributed by atoms with Crippen LogP contribution in [0.2, 0.25) is 0 Å². The van der Waals surface area contributed by atoms with E-state index in [9.17, 15) is 5.11 Å². The van der Waals surface area contributed by atoms with E-state index in [1.54, 1.807) is 12.1 Å². The lowest BCUT2D eigenvalue weighted by molar-refractivity contribution is 0.475. The molecule has 2 heteroatoms. The molecule has 0 bridgehead atoms. The normalized spacial score (nSPS) is 11.0. The molecule has 32 heavy (non-hydrogen) atoms. The van der Waals surface area contributed by atoms with E-state index in [-0.39, 0.29) is 0 Å². The van der Waals surface area contributed by atoms with Gasteiger partial charge in [-0.05, 0) is 54.8 Å². The van der Waals surface area contributed by atoms with Crippen molar-refractivity contribution in [2.24, 2.45) is 0 Å². The highest BCUT2D eigenvalue weighted by Gasteiger charge is 1.99. The van der Waals surface area contributed by atoms with E-state index in [1.807, 2.05) is 12.1 Å². The van der Waals surface area contributed by atoms with Gasteiger partial charge in [-0.15, -0.1) is 0 Å². The van der Waals surface area contributed by atoms with Crippen LogP contribution in [0, 0.1) is 0 Å². The first-order valence-electron chi connectivity index (χ1n) is 13.4. The Morgan fingerprint density at radius 3 is 1.59 bits per heavy atom. The minimum absolute atomic E-state index is 0.299. The lowest BCUT2D eigenvalue weighted by Gasteiger charge is -2.09. The summed E-state index contributed by atoms with van der Waals surface area (Å²) in [4.78, 5) is 0. The van der Waals surface area contributed by atoms with Crippen LogP contribution in [-0.2, 0) is 6.42 Å². The topological polar surface area (TPSA) is 32.3 Å². The zero-order chi connectivity index (χ0) is 22.7. The number of benzene rings is 2. The Morgan fingerprint density at radius 2 is 1.06 bits per heavy atom. The molecule has 0 aromatic heterocycles. The summed E-state index contributed by atoms with van der Waals surface area (Å²) in [7, 11) is 0. The van der Waals surface area contributed by atoms with Crippen molar-refractivity contribution >= 4 is 11.4 Å². The number of phenols is 1. The van der Waals surface area contributed by atoms with E-state index in [1.165, 1.54) is 108 Å². The molecule has 0 amide bonds. The molecule has 2 N–H and O–H groups in total. The van der Waals surface area contributed by atoms with Crippen LogP contribution in [0.4, 0.5) is 11.4 Å². The Morgan fingerprint density at radius 1 is 0.562 bits per heavy atom. The molecule has 2 aromatic rings. The Bertz CT molecular complexity index is 694. The third-order valence-corrected chi connectivity index (χ3v) is 6.40. The Labute approximate surface area is 197 Å². The van der Waals surface area contributed by atoms with Crippen molar-refractivity contribution in [2.45, 2.75) is 116 Å². The molecule has 0 saturated heterocycles. The van der Waals surface area contributed by atoms with Crippen molar-refractivity contribution in [3.63, 3.8) is 0 Å². The molecule has 0 aliphatic carbocycles. The number of unbranched alkanes of at least 4 members (excludes halogenated alkanes) is 15. The highest BCUT2D eigenvalue weighted by molar-refractivity contribution is 5.60. The van der Waals surface area contributed by atoms with Crippen LogP contribution in [-0.4, -0.2) is 5.11 Å². The zero-order valence-corrected chi connectivity index (χ0v) is 20.6. The molecule has 0 saturated carbocycles. The second-order valence-corrected chi connectivity index (χ2v) is 9.43. The van der Waals surface area contributed by atoms with Crippen LogP contribution in [0.25, 0.3) is 0 Å². The quantitative estimate of drug-likeness (QED) is 0.169. The monoisotopic (exact) mass is 437 g/mol. The summed E-state index contributed by atoms with van der Waals surface area (Å²) in [6, 6.07) is 15.9. The van der Waals surface area contributed by atoms with Gasteiger partial charge in [0.1, 0.15) is 5.75 Å². The fourth-order valence-corrected chi connectivity index (χ4v) is 4.39. The molecule has 0 aliphatic heterocycles. The predicted molar refractivity (Wildman–Crippen MR) is 141 cm³/mol. The van der Waals surface area contributed by atoms with Crippen molar-refractivity contribution in [1.29, 1.82) is 0 Å². The minimum atomic E-state index is 0.299. The van der Waals surface area contributed by atoms with Crippen molar-refractivity contribution < 1.29 is 5.11 Å². The predicted octanol–water partition coefficient (Wildman–Crippen LogP) is 9.94.